The van der Waals surface area contributed by atoms with E-state index in [1.165, 1.54) is 116 Å². The van der Waals surface area contributed by atoms with Crippen LogP contribution in [0, 0.1) is 0 Å². The van der Waals surface area contributed by atoms with E-state index in [4.69, 9.17) is 12.2 Å². The van der Waals surface area contributed by atoms with Gasteiger partial charge in [-0.15, -0.1) is 7.92 Å². The molecule has 0 aromatic heterocycles. The molecule has 0 bridgehead atoms. The van der Waals surface area contributed by atoms with Gasteiger partial charge in [-0.3, -0.25) is 0 Å². The Morgan fingerprint density at radius 1 is 0.483 bits per heavy atom. The molecule has 0 saturated heterocycles. The van der Waals surface area contributed by atoms with Crippen molar-refractivity contribution < 1.29 is 12.2 Å². The van der Waals surface area contributed by atoms with Gasteiger partial charge in [0.05, 0.1) is 0 Å². The second kappa shape index (κ2) is 28.7. The van der Waals surface area contributed by atoms with Crippen LogP contribution in [0.2, 0.25) is 0 Å². The zero-order chi connectivity index (χ0) is 22.0. The van der Waals surface area contributed by atoms with Gasteiger partial charge in [-0.2, -0.15) is 0 Å². The summed E-state index contributed by atoms with van der Waals surface area (Å²) in [5.41, 5.74) is 0. The second-order valence-corrected chi connectivity index (χ2v) is 12.0. The number of rotatable bonds is 21. The van der Waals surface area contributed by atoms with Crippen molar-refractivity contribution in [3.8, 4) is 0 Å². The maximum atomic E-state index is 8.76. The molecule has 5 heteroatoms. The summed E-state index contributed by atoms with van der Waals surface area (Å²) in [5, 5.41) is 0. The first-order valence-corrected chi connectivity index (χ1v) is 16.7. The number of hydrogen-bond donors (Lipinski definition) is 2. The van der Waals surface area contributed by atoms with Crippen molar-refractivity contribution in [1.82, 2.24) is 0 Å². The van der Waals surface area contributed by atoms with Gasteiger partial charge in [0.15, 0.2) is 0 Å². The average molecular weight is 500 g/mol. The van der Waals surface area contributed by atoms with E-state index in [9.17, 15) is 0 Å². The number of hydrogen-bond acceptors (Lipinski definition) is 1. The topological polar surface area (TPSA) is 57.5 Å². The van der Waals surface area contributed by atoms with Crippen LogP contribution in [-0.2, 0) is 3.83 Å². The predicted molar refractivity (Wildman–Crippen MR) is 133 cm³/mol. The van der Waals surface area contributed by atoms with Crippen LogP contribution < -0.4 is 0 Å². The zero-order valence-corrected chi connectivity index (χ0v) is 22.6. The average Bonchev–Trinajstić information content (AvgIpc) is 2.68. The molecule has 0 aliphatic heterocycles. The molecule has 0 aliphatic carbocycles. The summed E-state index contributed by atoms with van der Waals surface area (Å²) < 4.78 is 23.1. The molecular weight excluding hydrogens is 446 g/mol. The number of unbranched alkanes of at least 4 members (excludes halogenated alkanes) is 15. The predicted octanol–water partition coefficient (Wildman–Crippen LogP) is 7.94. The standard InChI is InChI=1S/C24H51P.H2O3Se/c1-4-7-10-13-16-19-22-25(23-20-17-14-11-8-5-2)24-21-18-15-12-9-6-3;1-4(2)3/h4-24H2,1-3H3;(H2,1,2,3). The van der Waals surface area contributed by atoms with E-state index in [0.717, 1.165) is 0 Å². The van der Waals surface area contributed by atoms with Gasteiger partial charge in [-0.1, -0.05) is 117 Å². The fourth-order valence-electron chi connectivity index (χ4n) is 3.68. The summed E-state index contributed by atoms with van der Waals surface area (Å²) in [6.45, 7) is 6.96. The molecule has 0 aliphatic rings. The van der Waals surface area contributed by atoms with Gasteiger partial charge >= 0.3 is 26.7 Å². The molecule has 0 aromatic rings. The van der Waals surface area contributed by atoms with Gasteiger partial charge in [0.2, 0.25) is 0 Å². The van der Waals surface area contributed by atoms with Crippen molar-refractivity contribution in [2.75, 3.05) is 18.5 Å². The second-order valence-electron chi connectivity index (χ2n) is 8.38. The monoisotopic (exact) mass is 500 g/mol. The molecule has 0 amide bonds. The van der Waals surface area contributed by atoms with E-state index < -0.39 is 14.5 Å². The molecule has 178 valence electrons. The molecule has 3 nitrogen and oxygen atoms in total. The first kappa shape index (κ1) is 31.9. The van der Waals surface area contributed by atoms with Gasteiger partial charge in [0.25, 0.3) is 0 Å². The summed E-state index contributed by atoms with van der Waals surface area (Å²) >= 11 is -3.29. The van der Waals surface area contributed by atoms with Crippen LogP contribution in [0.15, 0.2) is 0 Å². The molecule has 0 saturated carbocycles. The van der Waals surface area contributed by atoms with Crippen LogP contribution in [0.25, 0.3) is 0 Å². The van der Waals surface area contributed by atoms with E-state index in [1.807, 2.05) is 0 Å². The normalized spacial score (nSPS) is 11.1. The molecule has 0 atom stereocenters. The first-order valence-electron chi connectivity index (χ1n) is 12.6. The molecule has 0 heterocycles. The van der Waals surface area contributed by atoms with Crippen LogP contribution in [0.5, 0.6) is 0 Å². The Labute approximate surface area is 189 Å². The van der Waals surface area contributed by atoms with Gasteiger partial charge in [0, 0.05) is 0 Å². The molecule has 0 fully saturated rings. The Bertz CT molecular complexity index is 274. The minimum atomic E-state index is -3.29. The Hall–Kier alpha value is 0.669. The van der Waals surface area contributed by atoms with E-state index >= 15 is 0 Å². The molecule has 0 spiro atoms. The van der Waals surface area contributed by atoms with Crippen LogP contribution >= 0.6 is 7.92 Å². The van der Waals surface area contributed by atoms with Crippen molar-refractivity contribution in [1.29, 1.82) is 0 Å². The molecule has 0 radical (unpaired) electrons. The quantitative estimate of drug-likeness (QED) is 0.0957. The Balaban J connectivity index is 0. The summed E-state index contributed by atoms with van der Waals surface area (Å²) in [6.07, 6.45) is 31.2. The molecular formula is C24H53O3PSe. The van der Waals surface area contributed by atoms with Crippen molar-refractivity contribution in [3.63, 3.8) is 0 Å². The first-order chi connectivity index (χ1) is 14.1. The summed E-state index contributed by atoms with van der Waals surface area (Å²) in [5.74, 6) is 0. The maximum absolute atomic E-state index is 8.76. The van der Waals surface area contributed by atoms with Crippen LogP contribution in [0.3, 0.4) is 0 Å². The minimum absolute atomic E-state index is 0.366. The Kier molecular flexibility index (Phi) is 31.5. The third-order valence-electron chi connectivity index (χ3n) is 5.48. The summed E-state index contributed by atoms with van der Waals surface area (Å²) in [6, 6.07) is 0. The van der Waals surface area contributed by atoms with Crippen molar-refractivity contribution >= 4 is 22.4 Å². The molecule has 0 unspecified atom stereocenters. The third kappa shape index (κ3) is 33.5. The Morgan fingerprint density at radius 3 is 0.931 bits per heavy atom. The van der Waals surface area contributed by atoms with Crippen LogP contribution in [0.4, 0.5) is 0 Å². The van der Waals surface area contributed by atoms with Gasteiger partial charge in [-0.25, -0.2) is 0 Å². The molecule has 29 heavy (non-hydrogen) atoms. The van der Waals surface area contributed by atoms with Crippen molar-refractivity contribution in [3.05, 3.63) is 0 Å². The van der Waals surface area contributed by atoms with Gasteiger partial charge in [0.1, 0.15) is 0 Å². The van der Waals surface area contributed by atoms with E-state index in [0.29, 0.717) is 7.92 Å². The molecule has 0 aromatic carbocycles. The third-order valence-corrected chi connectivity index (χ3v) is 8.33. The van der Waals surface area contributed by atoms with Gasteiger partial charge in [-0.05, 0) is 37.7 Å². The summed E-state index contributed by atoms with van der Waals surface area (Å²) in [7, 11) is 0.366. The van der Waals surface area contributed by atoms with E-state index in [-0.39, 0.29) is 0 Å². The summed E-state index contributed by atoms with van der Waals surface area (Å²) in [4.78, 5) is 0. The van der Waals surface area contributed by atoms with Gasteiger partial charge < -0.3 is 0 Å². The van der Waals surface area contributed by atoms with Crippen molar-refractivity contribution in [2.24, 2.45) is 0 Å². The van der Waals surface area contributed by atoms with E-state index in [1.54, 1.807) is 18.5 Å². The Morgan fingerprint density at radius 2 is 0.690 bits per heavy atom. The zero-order valence-electron chi connectivity index (χ0n) is 20.0. The fourth-order valence-corrected chi connectivity index (χ4v) is 6.37. The van der Waals surface area contributed by atoms with E-state index in [2.05, 4.69) is 20.8 Å². The van der Waals surface area contributed by atoms with Crippen molar-refractivity contribution in [2.45, 2.75) is 136 Å². The molecule has 0 rings (SSSR count). The SMILES string of the molecule is CCCCCCCCP(CCCCCCCC)CCCCCCCC.O=[Se](O)O. The van der Waals surface area contributed by atoms with Crippen LogP contribution in [-0.4, -0.2) is 41.4 Å². The fraction of sp³-hybridized carbons (Fsp3) is 1.00. The van der Waals surface area contributed by atoms with Crippen LogP contribution in [0.1, 0.15) is 136 Å². The molecule has 2 N–H and O–H groups in total.